The molecule has 1 aromatic heterocycles. The number of halogens is 4. The third-order valence-corrected chi connectivity index (χ3v) is 4.09. The number of aryl methyl sites for hydroxylation is 1. The molecule has 144 valence electrons. The highest BCUT2D eigenvalue weighted by Gasteiger charge is 2.34. The van der Waals surface area contributed by atoms with Crippen molar-refractivity contribution in [3.63, 3.8) is 0 Å². The first-order chi connectivity index (χ1) is 13.1. The Kier molecular flexibility index (Phi) is 4.76. The number of carbonyl (C=O) groups excluding carboxylic acids is 1. The summed E-state index contributed by atoms with van der Waals surface area (Å²) in [7, 11) is 1.36. The predicted octanol–water partition coefficient (Wildman–Crippen LogP) is 3.37. The normalized spacial score (nSPS) is 11.5. The third-order valence-electron chi connectivity index (χ3n) is 4.09. The first-order valence-electron chi connectivity index (χ1n) is 7.93. The second kappa shape index (κ2) is 6.91. The summed E-state index contributed by atoms with van der Waals surface area (Å²) < 4.78 is 55.4. The Hall–Kier alpha value is -3.49. The minimum absolute atomic E-state index is 0.0528. The van der Waals surface area contributed by atoms with Gasteiger partial charge in [-0.15, -0.1) is 0 Å². The largest absolute Gasteiger partial charge is 0.417 e. The quantitative estimate of drug-likeness (QED) is 0.696. The van der Waals surface area contributed by atoms with Crippen molar-refractivity contribution in [1.82, 2.24) is 9.55 Å². The SMILES string of the molecule is Cn1cc(C(N)=O)nc(-c2ccc(F)c(-c3ccccc3C(F)(F)F)c2)c1=O. The minimum Gasteiger partial charge on any atom is -0.364 e. The summed E-state index contributed by atoms with van der Waals surface area (Å²) in [6.45, 7) is 0. The number of alkyl halides is 3. The van der Waals surface area contributed by atoms with Crippen molar-refractivity contribution in [3.8, 4) is 22.4 Å². The van der Waals surface area contributed by atoms with Crippen molar-refractivity contribution in [1.29, 1.82) is 0 Å². The Balaban J connectivity index is 2.26. The fraction of sp³-hybridized carbons (Fsp3) is 0.105. The number of primary amides is 1. The summed E-state index contributed by atoms with van der Waals surface area (Å²) in [5.74, 6) is -1.79. The van der Waals surface area contributed by atoms with Gasteiger partial charge in [-0.2, -0.15) is 13.2 Å². The van der Waals surface area contributed by atoms with Gasteiger partial charge in [0.05, 0.1) is 5.56 Å². The van der Waals surface area contributed by atoms with E-state index in [1.165, 1.54) is 25.2 Å². The number of rotatable bonds is 3. The van der Waals surface area contributed by atoms with E-state index in [4.69, 9.17) is 5.73 Å². The zero-order valence-electron chi connectivity index (χ0n) is 14.4. The number of hydrogen-bond acceptors (Lipinski definition) is 3. The van der Waals surface area contributed by atoms with E-state index in [-0.39, 0.29) is 28.1 Å². The van der Waals surface area contributed by atoms with E-state index < -0.39 is 29.0 Å². The number of benzene rings is 2. The van der Waals surface area contributed by atoms with Crippen LogP contribution < -0.4 is 11.3 Å². The first kappa shape index (κ1) is 19.3. The van der Waals surface area contributed by atoms with E-state index in [0.717, 1.165) is 35.0 Å². The van der Waals surface area contributed by atoms with Crippen LogP contribution in [0.1, 0.15) is 16.1 Å². The van der Waals surface area contributed by atoms with Crippen LogP contribution in [0.2, 0.25) is 0 Å². The fourth-order valence-corrected chi connectivity index (χ4v) is 2.76. The summed E-state index contributed by atoms with van der Waals surface area (Å²) in [5, 5.41) is 0. The number of aromatic nitrogens is 2. The molecule has 3 aromatic rings. The molecule has 0 radical (unpaired) electrons. The van der Waals surface area contributed by atoms with Crippen LogP contribution in [0.25, 0.3) is 22.4 Å². The van der Waals surface area contributed by atoms with Crippen LogP contribution in [0.4, 0.5) is 17.6 Å². The molecule has 2 N–H and O–H groups in total. The Morgan fingerprint density at radius 3 is 2.43 bits per heavy atom. The van der Waals surface area contributed by atoms with Crippen molar-refractivity contribution < 1.29 is 22.4 Å². The monoisotopic (exact) mass is 391 g/mol. The van der Waals surface area contributed by atoms with Gasteiger partial charge in [0.25, 0.3) is 11.5 Å². The zero-order chi connectivity index (χ0) is 20.6. The van der Waals surface area contributed by atoms with Gasteiger partial charge in [-0.05, 0) is 29.8 Å². The van der Waals surface area contributed by atoms with Gasteiger partial charge in [0.1, 0.15) is 17.2 Å². The summed E-state index contributed by atoms with van der Waals surface area (Å²) in [6.07, 6.45) is -3.56. The predicted molar refractivity (Wildman–Crippen MR) is 93.8 cm³/mol. The fourth-order valence-electron chi connectivity index (χ4n) is 2.76. The van der Waals surface area contributed by atoms with Crippen LogP contribution in [0, 0.1) is 5.82 Å². The Morgan fingerprint density at radius 2 is 1.79 bits per heavy atom. The molecule has 9 heteroatoms. The lowest BCUT2D eigenvalue weighted by atomic mass is 9.96. The highest BCUT2D eigenvalue weighted by atomic mass is 19.4. The molecule has 0 unspecified atom stereocenters. The van der Waals surface area contributed by atoms with Crippen molar-refractivity contribution >= 4 is 5.91 Å². The van der Waals surface area contributed by atoms with Crippen LogP contribution in [0.15, 0.2) is 53.5 Å². The van der Waals surface area contributed by atoms with E-state index in [9.17, 15) is 27.2 Å². The maximum Gasteiger partial charge on any atom is 0.417 e. The molecule has 2 aromatic carbocycles. The van der Waals surface area contributed by atoms with Crippen LogP contribution >= 0.6 is 0 Å². The second-order valence-corrected chi connectivity index (χ2v) is 5.99. The van der Waals surface area contributed by atoms with E-state index in [1.807, 2.05) is 0 Å². The third kappa shape index (κ3) is 3.51. The summed E-state index contributed by atoms with van der Waals surface area (Å²) in [4.78, 5) is 27.7. The van der Waals surface area contributed by atoms with Crippen LogP contribution in [-0.2, 0) is 13.2 Å². The molecule has 0 bridgehead atoms. The van der Waals surface area contributed by atoms with Crippen LogP contribution in [-0.4, -0.2) is 15.5 Å². The number of carbonyl (C=O) groups is 1. The lowest BCUT2D eigenvalue weighted by Crippen LogP contribution is -2.25. The summed E-state index contributed by atoms with van der Waals surface area (Å²) in [6, 6.07) is 7.75. The standard InChI is InChI=1S/C19H13F4N3O2/c1-26-9-15(17(24)27)25-16(18(26)28)10-6-7-14(20)12(8-10)11-4-2-3-5-13(11)19(21,22)23/h2-9H,1H3,(H2,24,27). The van der Waals surface area contributed by atoms with Crippen molar-refractivity contribution in [3.05, 3.63) is 76.1 Å². The van der Waals surface area contributed by atoms with Crippen molar-refractivity contribution in [2.24, 2.45) is 12.8 Å². The zero-order valence-corrected chi connectivity index (χ0v) is 14.4. The van der Waals surface area contributed by atoms with Gasteiger partial charge in [0.15, 0.2) is 0 Å². The summed E-state index contributed by atoms with van der Waals surface area (Å²) >= 11 is 0. The smallest absolute Gasteiger partial charge is 0.364 e. The number of nitrogens with zero attached hydrogens (tertiary/aromatic N) is 2. The van der Waals surface area contributed by atoms with E-state index in [2.05, 4.69) is 4.98 Å². The highest BCUT2D eigenvalue weighted by molar-refractivity contribution is 5.91. The van der Waals surface area contributed by atoms with Gasteiger partial charge in [-0.1, -0.05) is 18.2 Å². The topological polar surface area (TPSA) is 78.0 Å². The molecule has 0 fully saturated rings. The Morgan fingerprint density at radius 1 is 1.11 bits per heavy atom. The van der Waals surface area contributed by atoms with Gasteiger partial charge in [-0.25, -0.2) is 9.37 Å². The maximum atomic E-state index is 14.4. The molecule has 1 heterocycles. The van der Waals surface area contributed by atoms with Crippen LogP contribution in [0.5, 0.6) is 0 Å². The first-order valence-corrected chi connectivity index (χ1v) is 7.93. The molecule has 0 aliphatic heterocycles. The van der Waals surface area contributed by atoms with Gasteiger partial charge in [-0.3, -0.25) is 9.59 Å². The molecule has 0 aliphatic rings. The highest BCUT2D eigenvalue weighted by Crippen LogP contribution is 2.38. The average molecular weight is 391 g/mol. The molecule has 5 nitrogen and oxygen atoms in total. The summed E-state index contributed by atoms with van der Waals surface area (Å²) in [5.41, 5.74) is 2.44. The van der Waals surface area contributed by atoms with E-state index in [0.29, 0.717) is 0 Å². The van der Waals surface area contributed by atoms with Crippen molar-refractivity contribution in [2.75, 3.05) is 0 Å². The van der Waals surface area contributed by atoms with Crippen LogP contribution in [0.3, 0.4) is 0 Å². The van der Waals surface area contributed by atoms with Gasteiger partial charge in [0.2, 0.25) is 0 Å². The second-order valence-electron chi connectivity index (χ2n) is 5.99. The van der Waals surface area contributed by atoms with Gasteiger partial charge >= 0.3 is 6.18 Å². The minimum atomic E-state index is -4.70. The van der Waals surface area contributed by atoms with E-state index >= 15 is 0 Å². The van der Waals surface area contributed by atoms with Gasteiger partial charge in [0, 0.05) is 24.4 Å². The van der Waals surface area contributed by atoms with Crippen molar-refractivity contribution in [2.45, 2.75) is 6.18 Å². The molecule has 0 aliphatic carbocycles. The Labute approximate surface area is 156 Å². The number of amides is 1. The number of hydrogen-bond donors (Lipinski definition) is 1. The molecule has 0 atom stereocenters. The lowest BCUT2D eigenvalue weighted by Gasteiger charge is -2.14. The lowest BCUT2D eigenvalue weighted by molar-refractivity contribution is -0.137. The van der Waals surface area contributed by atoms with Gasteiger partial charge < -0.3 is 10.3 Å². The Bertz CT molecular complexity index is 1140. The molecule has 1 amide bonds. The molecule has 0 spiro atoms. The molecule has 0 saturated carbocycles. The maximum absolute atomic E-state index is 14.4. The number of nitrogens with two attached hydrogens (primary N) is 1. The molecule has 28 heavy (non-hydrogen) atoms. The van der Waals surface area contributed by atoms with E-state index in [1.54, 1.807) is 0 Å². The molecular weight excluding hydrogens is 378 g/mol. The molecule has 0 saturated heterocycles. The molecule has 3 rings (SSSR count). The molecular formula is C19H13F4N3O2. The average Bonchev–Trinajstić information content (AvgIpc) is 2.63.